The van der Waals surface area contributed by atoms with Gasteiger partial charge in [0.25, 0.3) is 11.8 Å². The van der Waals surface area contributed by atoms with Gasteiger partial charge >= 0.3 is 11.9 Å². The SMILES string of the molecule is O=C(Nc1ccc(F)c(Cl)c1)c1ccc(F)c(SC2(C(=O)Oc3cc(C(=O)Nc4ccc(F)c(F)c4)cc(SC4(C(=O)O)CCC4)c3F)CCC2)c1. The van der Waals surface area contributed by atoms with Crippen molar-refractivity contribution < 1.29 is 51.0 Å². The minimum atomic E-state index is -1.43. The summed E-state index contributed by atoms with van der Waals surface area (Å²) in [7, 11) is 0. The van der Waals surface area contributed by atoms with Crippen LogP contribution in [0.3, 0.4) is 0 Å². The lowest BCUT2D eigenvalue weighted by Crippen LogP contribution is -2.45. The molecule has 8 nitrogen and oxygen atoms in total. The molecule has 4 aromatic carbocycles. The highest BCUT2D eigenvalue weighted by Crippen LogP contribution is 2.51. The maximum atomic E-state index is 16.1. The molecule has 52 heavy (non-hydrogen) atoms. The van der Waals surface area contributed by atoms with Crippen molar-refractivity contribution in [2.75, 3.05) is 10.6 Å². The van der Waals surface area contributed by atoms with Crippen LogP contribution in [-0.4, -0.2) is 38.4 Å². The second-order valence-corrected chi connectivity index (χ2v) is 15.5. The first-order chi connectivity index (χ1) is 24.7. The van der Waals surface area contributed by atoms with Crippen molar-refractivity contribution in [3.63, 3.8) is 0 Å². The number of nitrogens with one attached hydrogen (secondary N) is 2. The maximum Gasteiger partial charge on any atom is 0.328 e. The molecule has 0 radical (unpaired) electrons. The van der Waals surface area contributed by atoms with Gasteiger partial charge in [-0.25, -0.2) is 22.0 Å². The molecule has 16 heteroatoms. The second-order valence-electron chi connectivity index (χ2n) is 12.2. The summed E-state index contributed by atoms with van der Waals surface area (Å²) in [6.07, 6.45) is 1.89. The Morgan fingerprint density at radius 3 is 1.79 bits per heavy atom. The van der Waals surface area contributed by atoms with Crippen LogP contribution in [-0.2, 0) is 9.59 Å². The van der Waals surface area contributed by atoms with E-state index in [1.54, 1.807) is 0 Å². The molecule has 0 heterocycles. The molecule has 0 aromatic heterocycles. The fourth-order valence-electron chi connectivity index (χ4n) is 5.45. The number of carboxylic acids is 1. The number of amides is 2. The number of esters is 1. The molecular weight excluding hydrogens is 751 g/mol. The van der Waals surface area contributed by atoms with Gasteiger partial charge in [0.15, 0.2) is 23.2 Å². The van der Waals surface area contributed by atoms with Gasteiger partial charge in [-0.1, -0.05) is 11.6 Å². The van der Waals surface area contributed by atoms with E-state index in [2.05, 4.69) is 10.6 Å². The molecule has 0 unspecified atom stereocenters. The van der Waals surface area contributed by atoms with E-state index in [4.69, 9.17) is 16.3 Å². The van der Waals surface area contributed by atoms with Crippen LogP contribution in [0.15, 0.2) is 76.5 Å². The highest BCUT2D eigenvalue weighted by molar-refractivity contribution is 8.01. The van der Waals surface area contributed by atoms with Crippen LogP contribution < -0.4 is 15.4 Å². The van der Waals surface area contributed by atoms with Gasteiger partial charge in [0.1, 0.15) is 21.1 Å². The monoisotopic (exact) mass is 776 g/mol. The summed E-state index contributed by atoms with van der Waals surface area (Å²) in [4.78, 5) is 51.7. The number of carboxylic acid groups (broad SMARTS) is 1. The van der Waals surface area contributed by atoms with Crippen LogP contribution in [0.25, 0.3) is 0 Å². The molecular formula is C36H26ClF5N2O6S2. The number of hydrogen-bond acceptors (Lipinski definition) is 7. The molecule has 0 spiro atoms. The Balaban J connectivity index is 1.27. The van der Waals surface area contributed by atoms with E-state index in [0.29, 0.717) is 24.6 Å². The number of carbonyl (C=O) groups excluding carboxylic acids is 3. The summed E-state index contributed by atoms with van der Waals surface area (Å²) in [5, 5.41) is 14.5. The van der Waals surface area contributed by atoms with E-state index in [1.165, 1.54) is 24.3 Å². The number of benzene rings is 4. The molecule has 2 fully saturated rings. The van der Waals surface area contributed by atoms with E-state index in [0.717, 1.165) is 54.2 Å². The number of hydrogen-bond donors (Lipinski definition) is 3. The van der Waals surface area contributed by atoms with Crippen LogP contribution in [0.2, 0.25) is 5.02 Å². The van der Waals surface area contributed by atoms with Crippen LogP contribution in [0.5, 0.6) is 5.75 Å². The first-order valence-corrected chi connectivity index (χ1v) is 17.7. The third kappa shape index (κ3) is 7.62. The summed E-state index contributed by atoms with van der Waals surface area (Å²) >= 11 is 7.23. The highest BCUT2D eigenvalue weighted by Gasteiger charge is 2.49. The Morgan fingerprint density at radius 2 is 1.21 bits per heavy atom. The topological polar surface area (TPSA) is 122 Å². The summed E-state index contributed by atoms with van der Waals surface area (Å²) < 4.78 is 74.8. The van der Waals surface area contributed by atoms with E-state index in [1.807, 2.05) is 0 Å². The van der Waals surface area contributed by atoms with Gasteiger partial charge in [0.05, 0.1) is 5.02 Å². The van der Waals surface area contributed by atoms with Crippen LogP contribution >= 0.6 is 35.1 Å². The third-order valence-electron chi connectivity index (χ3n) is 8.71. The lowest BCUT2D eigenvalue weighted by molar-refractivity contribution is -0.142. The summed E-state index contributed by atoms with van der Waals surface area (Å²) in [6, 6.07) is 11.6. The van der Waals surface area contributed by atoms with Crippen molar-refractivity contribution >= 4 is 70.3 Å². The summed E-state index contributed by atoms with van der Waals surface area (Å²) in [5.74, 6) is -9.42. The van der Waals surface area contributed by atoms with E-state index in [-0.39, 0.29) is 63.0 Å². The quantitative estimate of drug-likeness (QED) is 0.0784. The van der Waals surface area contributed by atoms with Crippen molar-refractivity contribution in [1.82, 2.24) is 0 Å². The smallest absolute Gasteiger partial charge is 0.328 e. The van der Waals surface area contributed by atoms with E-state index in [9.17, 15) is 37.5 Å². The van der Waals surface area contributed by atoms with Crippen molar-refractivity contribution in [2.24, 2.45) is 0 Å². The Labute approximate surface area is 306 Å². The first kappa shape index (κ1) is 37.2. The van der Waals surface area contributed by atoms with Gasteiger partial charge in [-0.15, -0.1) is 23.5 Å². The van der Waals surface area contributed by atoms with E-state index < -0.39 is 68.1 Å². The number of carbonyl (C=O) groups is 4. The minimum absolute atomic E-state index is 0.00278. The molecule has 0 aliphatic heterocycles. The number of halogens is 6. The number of ether oxygens (including phenoxy) is 1. The zero-order valence-electron chi connectivity index (χ0n) is 26.7. The molecule has 2 saturated carbocycles. The van der Waals surface area contributed by atoms with Gasteiger partial charge in [-0.05, 0) is 99.2 Å². The molecule has 0 bridgehead atoms. The molecule has 0 saturated heterocycles. The molecule has 3 N–H and O–H groups in total. The second kappa shape index (κ2) is 14.8. The van der Waals surface area contributed by atoms with Crippen molar-refractivity contribution in [3.8, 4) is 5.75 Å². The molecule has 2 aliphatic carbocycles. The third-order valence-corrected chi connectivity index (χ3v) is 12.0. The Morgan fingerprint density at radius 1 is 0.654 bits per heavy atom. The van der Waals surface area contributed by atoms with Gasteiger partial charge in [-0.3, -0.25) is 19.2 Å². The molecule has 2 amide bonds. The van der Waals surface area contributed by atoms with Gasteiger partial charge < -0.3 is 20.5 Å². The predicted octanol–water partition coefficient (Wildman–Crippen LogP) is 9.26. The van der Waals surface area contributed by atoms with Gasteiger partial charge in [-0.2, -0.15) is 0 Å². The summed E-state index contributed by atoms with van der Waals surface area (Å²) in [5.41, 5.74) is -0.228. The number of anilines is 2. The Hall–Kier alpha value is -4.60. The Bertz CT molecular complexity index is 2130. The Kier molecular flexibility index (Phi) is 10.6. The number of thioether (sulfide) groups is 2. The fraction of sp³-hybridized carbons (Fsp3) is 0.222. The van der Waals surface area contributed by atoms with Crippen molar-refractivity contribution in [1.29, 1.82) is 0 Å². The molecule has 270 valence electrons. The van der Waals surface area contributed by atoms with Crippen molar-refractivity contribution in [3.05, 3.63) is 112 Å². The van der Waals surface area contributed by atoms with Crippen molar-refractivity contribution in [2.45, 2.75) is 57.8 Å². The lowest BCUT2D eigenvalue weighted by Gasteiger charge is -2.38. The molecule has 4 aromatic rings. The normalized spacial score (nSPS) is 15.5. The number of rotatable bonds is 11. The zero-order valence-corrected chi connectivity index (χ0v) is 29.1. The lowest BCUT2D eigenvalue weighted by atomic mass is 9.84. The van der Waals surface area contributed by atoms with Crippen LogP contribution in [0.4, 0.5) is 33.3 Å². The molecule has 6 rings (SSSR count). The van der Waals surface area contributed by atoms with Gasteiger partial charge in [0.2, 0.25) is 0 Å². The maximum absolute atomic E-state index is 16.1. The zero-order chi connectivity index (χ0) is 37.4. The highest BCUT2D eigenvalue weighted by atomic mass is 35.5. The van der Waals surface area contributed by atoms with E-state index >= 15 is 8.78 Å². The number of aliphatic carboxylic acids is 1. The van der Waals surface area contributed by atoms with Crippen LogP contribution in [0, 0.1) is 29.1 Å². The molecule has 0 atom stereocenters. The molecule has 2 aliphatic rings. The largest absolute Gasteiger partial charge is 0.480 e. The summed E-state index contributed by atoms with van der Waals surface area (Å²) in [6.45, 7) is 0. The average Bonchev–Trinajstić information content (AvgIpc) is 3.06. The first-order valence-electron chi connectivity index (χ1n) is 15.7. The van der Waals surface area contributed by atoms with Gasteiger partial charge in [0, 0.05) is 38.4 Å². The fourth-order valence-corrected chi connectivity index (χ4v) is 8.39. The van der Waals surface area contributed by atoms with Crippen LogP contribution in [0.1, 0.15) is 59.2 Å². The standard InChI is InChI=1S/C36H26ClF5N2O6S2/c37-22-16-20(4-7-23(22)38)43-31(45)18-3-6-25(40)28(14-18)51-36(11-2-12-36)34(49)50-27-13-19(32(46)44-21-5-8-24(39)26(41)17-21)15-29(30(27)42)52-35(33(47)48)9-1-10-35/h3-8,13-17H,1-2,9-12H2,(H,43,45)(H,44,46)(H,47,48). The minimum Gasteiger partial charge on any atom is -0.480 e. The average molecular weight is 777 g/mol. The predicted molar refractivity (Wildman–Crippen MR) is 185 cm³/mol.